The van der Waals surface area contributed by atoms with Crippen LogP contribution in [-0.4, -0.2) is 40.2 Å². The van der Waals surface area contributed by atoms with E-state index in [1.807, 2.05) is 25.1 Å². The topological polar surface area (TPSA) is 120 Å². The fourth-order valence-corrected chi connectivity index (χ4v) is 4.56. The summed E-state index contributed by atoms with van der Waals surface area (Å²) in [5.41, 5.74) is 1.63. The van der Waals surface area contributed by atoms with Crippen molar-refractivity contribution in [3.05, 3.63) is 65.5 Å². The molecule has 0 spiro atoms. The number of thiazole rings is 1. The summed E-state index contributed by atoms with van der Waals surface area (Å²) in [7, 11) is 0. The van der Waals surface area contributed by atoms with Crippen LogP contribution in [0.2, 0.25) is 0 Å². The number of urea groups is 1. The van der Waals surface area contributed by atoms with Crippen LogP contribution in [0.25, 0.3) is 11.3 Å². The van der Waals surface area contributed by atoms with Crippen molar-refractivity contribution < 1.29 is 19.2 Å². The highest BCUT2D eigenvalue weighted by Gasteiger charge is 2.51. The van der Waals surface area contributed by atoms with Crippen LogP contribution in [0, 0.1) is 0 Å². The van der Waals surface area contributed by atoms with Gasteiger partial charge in [-0.15, -0.1) is 11.3 Å². The first kappa shape index (κ1) is 23.1. The van der Waals surface area contributed by atoms with Crippen LogP contribution >= 0.6 is 11.3 Å². The van der Waals surface area contributed by atoms with E-state index < -0.39 is 29.9 Å². The van der Waals surface area contributed by atoms with E-state index in [4.69, 9.17) is 0 Å². The number of amides is 5. The molecule has 0 saturated carbocycles. The molecule has 0 bridgehead atoms. The van der Waals surface area contributed by atoms with Gasteiger partial charge in [0.2, 0.25) is 11.8 Å². The molecule has 1 unspecified atom stereocenters. The fourth-order valence-electron chi connectivity index (χ4n) is 3.83. The lowest BCUT2D eigenvalue weighted by molar-refractivity contribution is -0.134. The van der Waals surface area contributed by atoms with Crippen LogP contribution in [0.1, 0.15) is 25.8 Å². The highest BCUT2D eigenvalue weighted by Crippen LogP contribution is 2.32. The summed E-state index contributed by atoms with van der Waals surface area (Å²) >= 11 is 1.23. The molecule has 34 heavy (non-hydrogen) atoms. The second kappa shape index (κ2) is 9.44. The van der Waals surface area contributed by atoms with Gasteiger partial charge < -0.3 is 16.0 Å². The zero-order valence-corrected chi connectivity index (χ0v) is 19.4. The highest BCUT2D eigenvalue weighted by atomic mass is 32.1. The fraction of sp³-hybridized carbons (Fsp3) is 0.208. The van der Waals surface area contributed by atoms with E-state index >= 15 is 0 Å². The van der Waals surface area contributed by atoms with E-state index in [9.17, 15) is 19.2 Å². The lowest BCUT2D eigenvalue weighted by atomic mass is 9.87. The first-order chi connectivity index (χ1) is 16.3. The molecule has 3 N–H and O–H groups in total. The summed E-state index contributed by atoms with van der Waals surface area (Å²) in [6.07, 6.45) is 0.357. The third-order valence-corrected chi connectivity index (χ3v) is 6.28. The molecule has 10 heteroatoms. The van der Waals surface area contributed by atoms with Gasteiger partial charge in [0.15, 0.2) is 5.13 Å². The Kier molecular flexibility index (Phi) is 6.42. The van der Waals surface area contributed by atoms with Crippen molar-refractivity contribution in [1.82, 2.24) is 15.2 Å². The molecule has 0 aliphatic carbocycles. The van der Waals surface area contributed by atoms with Crippen LogP contribution in [0.5, 0.6) is 0 Å². The van der Waals surface area contributed by atoms with Gasteiger partial charge in [-0.2, -0.15) is 0 Å². The number of nitrogens with zero attached hydrogens (tertiary/aromatic N) is 2. The van der Waals surface area contributed by atoms with Crippen molar-refractivity contribution in [2.45, 2.75) is 25.8 Å². The van der Waals surface area contributed by atoms with Gasteiger partial charge in [-0.3, -0.25) is 19.3 Å². The van der Waals surface area contributed by atoms with Crippen molar-refractivity contribution in [1.29, 1.82) is 0 Å². The van der Waals surface area contributed by atoms with E-state index in [2.05, 4.69) is 20.9 Å². The number of hydrogen-bond donors (Lipinski definition) is 3. The van der Waals surface area contributed by atoms with Crippen LogP contribution in [-0.2, 0) is 19.9 Å². The van der Waals surface area contributed by atoms with Crippen LogP contribution < -0.4 is 16.0 Å². The van der Waals surface area contributed by atoms with Crippen LogP contribution in [0.3, 0.4) is 0 Å². The Balaban J connectivity index is 1.42. The minimum Gasteiger partial charge on any atom is -0.326 e. The molecule has 0 radical (unpaired) electrons. The van der Waals surface area contributed by atoms with Crippen molar-refractivity contribution >= 4 is 45.9 Å². The van der Waals surface area contributed by atoms with Gasteiger partial charge >= 0.3 is 6.03 Å². The standard InChI is InChI=1S/C24H23N5O4S/c1-3-24(17-7-5-4-6-8-17)21(32)29(23(33)28-24)13-20(31)27-22-26-19(14-34-22)16-9-11-18(12-10-16)25-15(2)30/h4-12,14H,3,13H2,1-2H3,(H,25,30)(H,28,33)(H,26,27,31). The predicted octanol–water partition coefficient (Wildman–Crippen LogP) is 3.56. The normalized spacial score (nSPS) is 17.4. The summed E-state index contributed by atoms with van der Waals surface area (Å²) in [4.78, 5) is 54.9. The van der Waals surface area contributed by atoms with E-state index in [1.54, 1.807) is 41.8 Å². The number of anilines is 2. The molecule has 1 saturated heterocycles. The summed E-state index contributed by atoms with van der Waals surface area (Å²) in [5, 5.41) is 10.3. The number of nitrogens with one attached hydrogen (secondary N) is 3. The average molecular weight is 478 g/mol. The monoisotopic (exact) mass is 477 g/mol. The van der Waals surface area contributed by atoms with Gasteiger partial charge in [-0.25, -0.2) is 9.78 Å². The van der Waals surface area contributed by atoms with Gasteiger partial charge in [0, 0.05) is 23.6 Å². The Morgan fingerprint density at radius 1 is 1.06 bits per heavy atom. The molecule has 1 atom stereocenters. The first-order valence-corrected chi connectivity index (χ1v) is 11.5. The van der Waals surface area contributed by atoms with E-state index in [1.165, 1.54) is 18.3 Å². The molecule has 1 aliphatic rings. The summed E-state index contributed by atoms with van der Waals surface area (Å²) < 4.78 is 0. The second-order valence-corrected chi connectivity index (χ2v) is 8.65. The molecule has 2 aromatic carbocycles. The number of aromatic nitrogens is 1. The third kappa shape index (κ3) is 4.53. The van der Waals surface area contributed by atoms with Gasteiger partial charge in [0.05, 0.1) is 5.69 Å². The van der Waals surface area contributed by atoms with E-state index in [0.717, 1.165) is 10.5 Å². The number of carbonyl (C=O) groups is 4. The number of carbonyl (C=O) groups excluding carboxylic acids is 4. The molecule has 4 rings (SSSR count). The second-order valence-electron chi connectivity index (χ2n) is 7.79. The molecular formula is C24H23N5O4S. The molecule has 3 aromatic rings. The molecule has 1 fully saturated rings. The molecule has 9 nitrogen and oxygen atoms in total. The lowest BCUT2D eigenvalue weighted by Gasteiger charge is -2.25. The molecule has 2 heterocycles. The van der Waals surface area contributed by atoms with Crippen LogP contribution in [0.15, 0.2) is 60.0 Å². The largest absolute Gasteiger partial charge is 0.326 e. The highest BCUT2D eigenvalue weighted by molar-refractivity contribution is 7.14. The SMILES string of the molecule is CCC1(c2ccccc2)NC(=O)N(CC(=O)Nc2nc(-c3ccc(NC(C)=O)cc3)cs2)C1=O. The molecule has 5 amide bonds. The quantitative estimate of drug-likeness (QED) is 0.450. The Morgan fingerprint density at radius 2 is 1.76 bits per heavy atom. The smallest absolute Gasteiger partial charge is 0.325 e. The number of imide groups is 1. The Bertz CT molecular complexity index is 1240. The first-order valence-electron chi connectivity index (χ1n) is 10.7. The lowest BCUT2D eigenvalue weighted by Crippen LogP contribution is -2.44. The maximum Gasteiger partial charge on any atom is 0.325 e. The molecular weight excluding hydrogens is 454 g/mol. The summed E-state index contributed by atoms with van der Waals surface area (Å²) in [6, 6.07) is 15.5. The minimum atomic E-state index is -1.18. The zero-order chi connectivity index (χ0) is 24.3. The van der Waals surface area contributed by atoms with Crippen molar-refractivity contribution in [3.8, 4) is 11.3 Å². The minimum absolute atomic E-state index is 0.156. The van der Waals surface area contributed by atoms with Crippen molar-refractivity contribution in [3.63, 3.8) is 0 Å². The maximum atomic E-state index is 13.2. The number of hydrogen-bond acceptors (Lipinski definition) is 6. The predicted molar refractivity (Wildman–Crippen MR) is 129 cm³/mol. The van der Waals surface area contributed by atoms with Crippen molar-refractivity contribution in [2.75, 3.05) is 17.2 Å². The van der Waals surface area contributed by atoms with E-state index in [0.29, 0.717) is 28.5 Å². The molecule has 174 valence electrons. The van der Waals surface area contributed by atoms with Crippen molar-refractivity contribution in [2.24, 2.45) is 0 Å². The van der Waals surface area contributed by atoms with Gasteiger partial charge in [-0.05, 0) is 24.1 Å². The van der Waals surface area contributed by atoms with E-state index in [-0.39, 0.29) is 5.91 Å². The van der Waals surface area contributed by atoms with Crippen LogP contribution in [0.4, 0.5) is 15.6 Å². The van der Waals surface area contributed by atoms with Gasteiger partial charge in [0.1, 0.15) is 12.1 Å². The number of benzene rings is 2. The Morgan fingerprint density at radius 3 is 2.41 bits per heavy atom. The molecule has 1 aliphatic heterocycles. The third-order valence-electron chi connectivity index (χ3n) is 5.53. The summed E-state index contributed by atoms with van der Waals surface area (Å²) in [5.74, 6) is -1.14. The Hall–Kier alpha value is -4.05. The average Bonchev–Trinajstić information content (AvgIpc) is 3.38. The Labute approximate surface area is 200 Å². The maximum absolute atomic E-state index is 13.2. The molecule has 1 aromatic heterocycles. The summed E-state index contributed by atoms with van der Waals surface area (Å²) in [6.45, 7) is 2.83. The van der Waals surface area contributed by atoms with Gasteiger partial charge in [-0.1, -0.05) is 49.4 Å². The zero-order valence-electron chi connectivity index (χ0n) is 18.6. The van der Waals surface area contributed by atoms with Gasteiger partial charge in [0.25, 0.3) is 5.91 Å². The number of rotatable bonds is 7.